The molecule has 0 aromatic heterocycles. The number of rotatable bonds is 11. The highest BCUT2D eigenvalue weighted by atomic mass is 16.2. The first-order valence-corrected chi connectivity index (χ1v) is 8.61. The summed E-state index contributed by atoms with van der Waals surface area (Å²) in [6.07, 6.45) is 17.3. The van der Waals surface area contributed by atoms with Crippen LogP contribution in [0.1, 0.15) is 73.1 Å². The lowest BCUT2D eigenvalue weighted by Gasteiger charge is -2.13. The van der Waals surface area contributed by atoms with Crippen LogP contribution in [0, 0.1) is 17.8 Å². The van der Waals surface area contributed by atoms with Gasteiger partial charge in [0.2, 0.25) is 0 Å². The van der Waals surface area contributed by atoms with Crippen LogP contribution < -0.4 is 0 Å². The lowest BCUT2D eigenvalue weighted by atomic mass is 9.93. The average Bonchev–Trinajstić information content (AvgIpc) is 2.38. The van der Waals surface area contributed by atoms with E-state index in [0.717, 1.165) is 23.7 Å². The Morgan fingerprint density at radius 2 is 1.57 bits per heavy atom. The van der Waals surface area contributed by atoms with Gasteiger partial charge in [-0.2, -0.15) is 0 Å². The molecule has 0 spiro atoms. The molecule has 0 radical (unpaired) electrons. The van der Waals surface area contributed by atoms with Crippen molar-refractivity contribution in [2.24, 2.45) is 17.8 Å². The van der Waals surface area contributed by atoms with Gasteiger partial charge >= 0.3 is 0 Å². The van der Waals surface area contributed by atoms with E-state index in [4.69, 9.17) is 5.11 Å². The van der Waals surface area contributed by atoms with Gasteiger partial charge in [0.25, 0.3) is 0 Å². The first kappa shape index (κ1) is 20.0. The standard InChI is InChI=1S/C20H36O/c1-17(2)9-6-10-18(3)11-7-12-19(4)13-8-14-20(5)15-16-21/h8,13-19,21H,6-7,9-12H2,1-5H3. The minimum absolute atomic E-state index is 0.634. The Hall–Kier alpha value is -0.980. The summed E-state index contributed by atoms with van der Waals surface area (Å²) in [6, 6.07) is 0. The second-order valence-electron chi connectivity index (χ2n) is 6.95. The van der Waals surface area contributed by atoms with Crippen LogP contribution in [0.3, 0.4) is 0 Å². The van der Waals surface area contributed by atoms with Crippen LogP contribution in [0.15, 0.2) is 36.1 Å². The average molecular weight is 293 g/mol. The highest BCUT2D eigenvalue weighted by molar-refractivity contribution is 5.20. The van der Waals surface area contributed by atoms with Crippen molar-refractivity contribution in [3.8, 4) is 0 Å². The molecule has 2 unspecified atom stereocenters. The van der Waals surface area contributed by atoms with E-state index in [1.165, 1.54) is 38.5 Å². The van der Waals surface area contributed by atoms with Crippen molar-refractivity contribution in [1.29, 1.82) is 0 Å². The van der Waals surface area contributed by atoms with Gasteiger partial charge in [-0.1, -0.05) is 78.0 Å². The second-order valence-corrected chi connectivity index (χ2v) is 6.95. The van der Waals surface area contributed by atoms with Crippen LogP contribution in [0.5, 0.6) is 0 Å². The van der Waals surface area contributed by atoms with E-state index in [0.29, 0.717) is 5.92 Å². The minimum atomic E-state index is 0.634. The predicted molar refractivity (Wildman–Crippen MR) is 95.5 cm³/mol. The summed E-state index contributed by atoms with van der Waals surface area (Å²) in [5, 5.41) is 8.66. The smallest absolute Gasteiger partial charge is 0.0794 e. The summed E-state index contributed by atoms with van der Waals surface area (Å²) in [5.74, 6) is 2.35. The first-order chi connectivity index (χ1) is 9.95. The van der Waals surface area contributed by atoms with Crippen molar-refractivity contribution >= 4 is 0 Å². The summed E-state index contributed by atoms with van der Waals surface area (Å²) < 4.78 is 0. The maximum atomic E-state index is 8.66. The molecule has 2 atom stereocenters. The summed E-state index contributed by atoms with van der Waals surface area (Å²) in [4.78, 5) is 0. The van der Waals surface area contributed by atoms with E-state index in [1.807, 2.05) is 13.0 Å². The van der Waals surface area contributed by atoms with Gasteiger partial charge in [-0.3, -0.25) is 0 Å². The Balaban J connectivity index is 3.76. The number of aliphatic hydroxyl groups is 1. The van der Waals surface area contributed by atoms with Gasteiger partial charge in [-0.05, 0) is 42.7 Å². The highest BCUT2D eigenvalue weighted by Gasteiger charge is 2.04. The Morgan fingerprint density at radius 3 is 2.14 bits per heavy atom. The van der Waals surface area contributed by atoms with Gasteiger partial charge in [-0.15, -0.1) is 0 Å². The molecule has 0 bridgehead atoms. The molecule has 0 saturated heterocycles. The molecule has 0 rings (SSSR count). The SMILES string of the molecule is CC(C=CO)=CC=CC(C)CCCC(C)CCCC(C)C. The van der Waals surface area contributed by atoms with Crippen LogP contribution in [0.25, 0.3) is 0 Å². The first-order valence-electron chi connectivity index (χ1n) is 8.61. The predicted octanol–water partition coefficient (Wildman–Crippen LogP) is 6.83. The van der Waals surface area contributed by atoms with Crippen LogP contribution in [0.2, 0.25) is 0 Å². The molecule has 1 heteroatoms. The molecule has 1 N–H and O–H groups in total. The van der Waals surface area contributed by atoms with E-state index in [1.54, 1.807) is 6.08 Å². The molecule has 0 heterocycles. The molecule has 0 saturated carbocycles. The summed E-state index contributed by atoms with van der Waals surface area (Å²) >= 11 is 0. The van der Waals surface area contributed by atoms with Crippen LogP contribution in [-0.4, -0.2) is 5.11 Å². The fourth-order valence-electron chi connectivity index (χ4n) is 2.47. The van der Waals surface area contributed by atoms with Gasteiger partial charge in [0, 0.05) is 0 Å². The Kier molecular flexibility index (Phi) is 12.1. The molecule has 1 nitrogen and oxygen atoms in total. The van der Waals surface area contributed by atoms with E-state index in [-0.39, 0.29) is 0 Å². The topological polar surface area (TPSA) is 20.2 Å². The van der Waals surface area contributed by atoms with Crippen molar-refractivity contribution < 1.29 is 5.11 Å². The molecule has 122 valence electrons. The van der Waals surface area contributed by atoms with Gasteiger partial charge < -0.3 is 5.11 Å². The van der Waals surface area contributed by atoms with Crippen molar-refractivity contribution in [2.75, 3.05) is 0 Å². The zero-order valence-corrected chi connectivity index (χ0v) is 14.8. The van der Waals surface area contributed by atoms with Crippen LogP contribution >= 0.6 is 0 Å². The molecule has 0 aromatic rings. The quantitative estimate of drug-likeness (QED) is 0.327. The molecule has 0 aromatic carbocycles. The molecule has 0 aliphatic carbocycles. The normalized spacial score (nSPS) is 16.2. The summed E-state index contributed by atoms with van der Waals surface area (Å²) in [7, 11) is 0. The number of allylic oxidation sites excluding steroid dienone is 5. The monoisotopic (exact) mass is 292 g/mol. The molecule has 0 fully saturated rings. The third-order valence-electron chi connectivity index (χ3n) is 3.97. The molecule has 0 aliphatic rings. The number of hydrogen-bond donors (Lipinski definition) is 1. The Morgan fingerprint density at radius 1 is 0.952 bits per heavy atom. The van der Waals surface area contributed by atoms with E-state index in [2.05, 4.69) is 39.8 Å². The summed E-state index contributed by atoms with van der Waals surface area (Å²) in [6.45, 7) is 11.3. The molecule has 21 heavy (non-hydrogen) atoms. The van der Waals surface area contributed by atoms with Gasteiger partial charge in [-0.25, -0.2) is 0 Å². The Bertz CT molecular complexity index is 323. The third-order valence-corrected chi connectivity index (χ3v) is 3.97. The van der Waals surface area contributed by atoms with Crippen LogP contribution in [0.4, 0.5) is 0 Å². The summed E-state index contributed by atoms with van der Waals surface area (Å²) in [5.41, 5.74) is 1.07. The van der Waals surface area contributed by atoms with Gasteiger partial charge in [0.1, 0.15) is 0 Å². The maximum absolute atomic E-state index is 8.66. The van der Waals surface area contributed by atoms with Gasteiger partial charge in [0.15, 0.2) is 0 Å². The molecule has 0 amide bonds. The maximum Gasteiger partial charge on any atom is 0.0794 e. The fourth-order valence-corrected chi connectivity index (χ4v) is 2.47. The molecular formula is C20H36O. The number of hydrogen-bond acceptors (Lipinski definition) is 1. The largest absolute Gasteiger partial charge is 0.516 e. The lowest BCUT2D eigenvalue weighted by molar-refractivity contribution is 0.413. The third kappa shape index (κ3) is 13.7. The Labute approximate surface area is 132 Å². The number of aliphatic hydroxyl groups excluding tert-OH is 1. The van der Waals surface area contributed by atoms with Crippen LogP contribution in [-0.2, 0) is 0 Å². The van der Waals surface area contributed by atoms with E-state index >= 15 is 0 Å². The fraction of sp³-hybridized carbons (Fsp3) is 0.700. The zero-order valence-electron chi connectivity index (χ0n) is 14.8. The highest BCUT2D eigenvalue weighted by Crippen LogP contribution is 2.19. The van der Waals surface area contributed by atoms with Crippen molar-refractivity contribution in [3.63, 3.8) is 0 Å². The zero-order chi connectivity index (χ0) is 16.1. The van der Waals surface area contributed by atoms with E-state index in [9.17, 15) is 0 Å². The second kappa shape index (κ2) is 12.7. The van der Waals surface area contributed by atoms with Crippen molar-refractivity contribution in [1.82, 2.24) is 0 Å². The molecule has 0 aliphatic heterocycles. The van der Waals surface area contributed by atoms with Gasteiger partial charge in [0.05, 0.1) is 6.26 Å². The van der Waals surface area contributed by atoms with E-state index < -0.39 is 0 Å². The van der Waals surface area contributed by atoms with Crippen molar-refractivity contribution in [3.05, 3.63) is 36.1 Å². The minimum Gasteiger partial charge on any atom is -0.516 e. The van der Waals surface area contributed by atoms with Crippen molar-refractivity contribution in [2.45, 2.75) is 73.1 Å². The molecular weight excluding hydrogens is 256 g/mol. The lowest BCUT2D eigenvalue weighted by Crippen LogP contribution is -1.98.